The van der Waals surface area contributed by atoms with Crippen molar-refractivity contribution >= 4 is 47.7 Å². The minimum absolute atomic E-state index is 0.765. The van der Waals surface area contributed by atoms with Gasteiger partial charge in [0.25, 0.3) is 0 Å². The molecule has 0 amide bonds. The van der Waals surface area contributed by atoms with Gasteiger partial charge in [-0.15, -0.1) is 0 Å². The van der Waals surface area contributed by atoms with Crippen molar-refractivity contribution in [1.29, 1.82) is 0 Å². The van der Waals surface area contributed by atoms with Crippen molar-refractivity contribution < 1.29 is 4.74 Å². The molecular formula is C45H38OP2. The van der Waals surface area contributed by atoms with Crippen LogP contribution in [0.15, 0.2) is 176 Å². The quantitative estimate of drug-likeness (QED) is 0.141. The van der Waals surface area contributed by atoms with Crippen LogP contribution in [-0.4, -0.2) is 7.11 Å². The number of hydrogen-bond acceptors (Lipinski definition) is 1. The van der Waals surface area contributed by atoms with Gasteiger partial charge >= 0.3 is 0 Å². The van der Waals surface area contributed by atoms with Gasteiger partial charge < -0.3 is 4.74 Å². The number of benzene rings is 7. The predicted octanol–water partition coefficient (Wildman–Crippen LogP) is 9.16. The van der Waals surface area contributed by atoms with Crippen LogP contribution in [0.4, 0.5) is 0 Å². The molecule has 0 unspecified atom stereocenters. The van der Waals surface area contributed by atoms with Crippen LogP contribution < -0.4 is 36.6 Å². The Kier molecular flexibility index (Phi) is 9.62. The van der Waals surface area contributed by atoms with Crippen LogP contribution in [0.2, 0.25) is 0 Å². The van der Waals surface area contributed by atoms with Crippen molar-refractivity contribution in [3.8, 4) is 28.0 Å². The second kappa shape index (κ2) is 14.5. The Bertz CT molecular complexity index is 2050. The first kappa shape index (κ1) is 31.8. The highest BCUT2D eigenvalue weighted by atomic mass is 31.1. The van der Waals surface area contributed by atoms with E-state index in [2.05, 4.69) is 190 Å². The molecule has 1 nitrogen and oxygen atoms in total. The number of ether oxygens (including phenoxy) is 1. The van der Waals surface area contributed by atoms with Gasteiger partial charge in [0, 0.05) is 5.56 Å². The molecule has 0 spiro atoms. The zero-order valence-electron chi connectivity index (χ0n) is 27.5. The van der Waals surface area contributed by atoms with Crippen molar-refractivity contribution in [2.75, 3.05) is 7.11 Å². The molecule has 7 aromatic carbocycles. The summed E-state index contributed by atoms with van der Waals surface area (Å²) in [5.74, 6) is 0.887. The van der Waals surface area contributed by atoms with Crippen molar-refractivity contribution in [2.24, 2.45) is 0 Å². The van der Waals surface area contributed by atoms with E-state index in [1.807, 2.05) is 0 Å². The number of rotatable bonds is 9. The van der Waals surface area contributed by atoms with E-state index >= 15 is 0 Å². The van der Waals surface area contributed by atoms with Gasteiger partial charge in [0.15, 0.2) is 0 Å². The van der Waals surface area contributed by atoms with E-state index in [1.165, 1.54) is 59.6 Å². The molecule has 234 valence electrons. The van der Waals surface area contributed by atoms with Crippen LogP contribution in [-0.2, 0) is 0 Å². The average molecular weight is 657 g/mol. The van der Waals surface area contributed by atoms with Gasteiger partial charge in [0.2, 0.25) is 0 Å². The van der Waals surface area contributed by atoms with Crippen LogP contribution in [0.3, 0.4) is 0 Å². The van der Waals surface area contributed by atoms with Gasteiger partial charge in [-0.05, 0) is 101 Å². The lowest BCUT2D eigenvalue weighted by atomic mass is 9.88. The summed E-state index contributed by atoms with van der Waals surface area (Å²) in [7, 11) is 0.211. The van der Waals surface area contributed by atoms with Gasteiger partial charge in [0.05, 0.1) is 7.11 Å². The van der Waals surface area contributed by atoms with Crippen molar-refractivity contribution in [2.45, 2.75) is 13.8 Å². The molecular weight excluding hydrogens is 618 g/mol. The van der Waals surface area contributed by atoms with Crippen LogP contribution in [0.1, 0.15) is 11.1 Å². The molecule has 3 heteroatoms. The summed E-state index contributed by atoms with van der Waals surface area (Å²) in [6.45, 7) is 4.47. The summed E-state index contributed by atoms with van der Waals surface area (Å²) in [4.78, 5) is 0. The maximum atomic E-state index is 6.22. The van der Waals surface area contributed by atoms with Crippen LogP contribution in [0, 0.1) is 13.8 Å². The van der Waals surface area contributed by atoms with Crippen molar-refractivity contribution in [3.63, 3.8) is 0 Å². The van der Waals surface area contributed by atoms with Crippen molar-refractivity contribution in [1.82, 2.24) is 0 Å². The summed E-state index contributed by atoms with van der Waals surface area (Å²) in [5.41, 5.74) is 7.30. The molecule has 0 aliphatic heterocycles. The van der Waals surface area contributed by atoms with E-state index in [0.717, 1.165) is 11.3 Å². The Morgan fingerprint density at radius 2 is 0.833 bits per heavy atom. The molecule has 0 heterocycles. The van der Waals surface area contributed by atoms with Gasteiger partial charge in [-0.25, -0.2) is 0 Å². The largest absolute Gasteiger partial charge is 0.496 e. The van der Waals surface area contributed by atoms with E-state index in [1.54, 1.807) is 7.11 Å². The molecule has 0 bridgehead atoms. The zero-order valence-corrected chi connectivity index (χ0v) is 29.3. The second-order valence-electron chi connectivity index (χ2n) is 11.9. The molecule has 0 atom stereocenters. The number of aryl methyl sites for hydroxylation is 2. The molecule has 0 aliphatic rings. The average Bonchev–Trinajstić information content (AvgIpc) is 3.14. The summed E-state index contributed by atoms with van der Waals surface area (Å²) in [6, 6.07) is 64.2. The highest BCUT2D eigenvalue weighted by molar-refractivity contribution is 7.80. The van der Waals surface area contributed by atoms with Gasteiger partial charge in [-0.1, -0.05) is 164 Å². The third kappa shape index (κ3) is 6.37. The SMILES string of the molecule is COc1ccc(C)c(-c2ccccc2P(c2ccccc2)c2ccccc2)c1-c1cc(P(c2ccccc2)c2ccccc2)ccc1C. The zero-order chi connectivity index (χ0) is 32.9. The highest BCUT2D eigenvalue weighted by Gasteiger charge is 2.26. The first-order valence-electron chi connectivity index (χ1n) is 16.3. The Hall–Kier alpha value is -4.80. The maximum absolute atomic E-state index is 6.22. The first-order chi connectivity index (χ1) is 23.6. The fraction of sp³-hybridized carbons (Fsp3) is 0.0667. The monoisotopic (exact) mass is 656 g/mol. The maximum Gasteiger partial charge on any atom is 0.127 e. The molecule has 0 fully saturated rings. The van der Waals surface area contributed by atoms with E-state index < -0.39 is 15.8 Å². The Morgan fingerprint density at radius 3 is 1.35 bits per heavy atom. The molecule has 7 rings (SSSR count). The third-order valence-corrected chi connectivity index (χ3v) is 13.7. The summed E-state index contributed by atoms with van der Waals surface area (Å²) >= 11 is 0. The molecule has 0 aliphatic carbocycles. The lowest BCUT2D eigenvalue weighted by Crippen LogP contribution is -2.22. The van der Waals surface area contributed by atoms with E-state index in [4.69, 9.17) is 4.74 Å². The topological polar surface area (TPSA) is 9.23 Å². The predicted molar refractivity (Wildman–Crippen MR) is 211 cm³/mol. The Balaban J connectivity index is 1.48. The highest BCUT2D eigenvalue weighted by Crippen LogP contribution is 2.46. The smallest absolute Gasteiger partial charge is 0.127 e. The fourth-order valence-electron chi connectivity index (χ4n) is 6.55. The lowest BCUT2D eigenvalue weighted by molar-refractivity contribution is 0.416. The molecule has 7 aromatic rings. The second-order valence-corrected chi connectivity index (χ2v) is 16.3. The van der Waals surface area contributed by atoms with Crippen LogP contribution >= 0.6 is 15.8 Å². The van der Waals surface area contributed by atoms with E-state index in [0.29, 0.717) is 0 Å². The third-order valence-electron chi connectivity index (χ3n) is 8.82. The fourth-order valence-corrected chi connectivity index (χ4v) is 11.3. The minimum atomic E-state index is -0.820. The molecule has 48 heavy (non-hydrogen) atoms. The Morgan fingerprint density at radius 1 is 0.375 bits per heavy atom. The molecule has 0 N–H and O–H groups in total. The molecule has 0 radical (unpaired) electrons. The van der Waals surface area contributed by atoms with Crippen LogP contribution in [0.25, 0.3) is 22.3 Å². The van der Waals surface area contributed by atoms with Gasteiger partial charge in [-0.2, -0.15) is 0 Å². The Labute approximate surface area is 287 Å². The molecule has 0 saturated heterocycles. The van der Waals surface area contributed by atoms with Crippen molar-refractivity contribution in [3.05, 3.63) is 187 Å². The normalized spacial score (nSPS) is 11.2. The van der Waals surface area contributed by atoms with Gasteiger partial charge in [-0.3, -0.25) is 0 Å². The van der Waals surface area contributed by atoms with Gasteiger partial charge in [0.1, 0.15) is 5.75 Å². The standard InChI is InChI=1S/C45H38OP2/c1-33-28-30-39(47(35-18-8-4-9-19-35)36-20-10-5-11-21-36)32-41(33)45-42(46-3)31-29-34(2)44(45)40-26-16-17-27-43(40)48(37-22-12-6-13-23-37)38-24-14-7-15-25-38/h4-32H,1-3H3. The lowest BCUT2D eigenvalue weighted by Gasteiger charge is -2.26. The van der Waals surface area contributed by atoms with Crippen LogP contribution in [0.5, 0.6) is 5.75 Å². The van der Waals surface area contributed by atoms with E-state index in [9.17, 15) is 0 Å². The first-order valence-corrected chi connectivity index (χ1v) is 19.0. The molecule has 0 aromatic heterocycles. The summed E-state index contributed by atoms with van der Waals surface area (Å²) < 4.78 is 6.22. The number of methoxy groups -OCH3 is 1. The summed E-state index contributed by atoms with van der Waals surface area (Å²) in [6.07, 6.45) is 0. The minimum Gasteiger partial charge on any atom is -0.496 e. The van der Waals surface area contributed by atoms with E-state index in [-0.39, 0.29) is 0 Å². The summed E-state index contributed by atoms with van der Waals surface area (Å²) in [5, 5.41) is 8.01. The number of hydrogen-bond donors (Lipinski definition) is 0. The molecule has 0 saturated carbocycles.